The van der Waals surface area contributed by atoms with E-state index < -0.39 is 0 Å². The molecule has 1 aromatic heterocycles. The fourth-order valence-electron chi connectivity index (χ4n) is 1.35. The summed E-state index contributed by atoms with van der Waals surface area (Å²) in [7, 11) is 3.52. The Labute approximate surface area is 106 Å². The van der Waals surface area contributed by atoms with Crippen molar-refractivity contribution < 1.29 is 4.79 Å². The number of hydrogen-bond donors (Lipinski definition) is 1. The lowest BCUT2D eigenvalue weighted by Crippen LogP contribution is -2.21. The molecule has 0 fully saturated rings. The Balaban J connectivity index is 2.52. The van der Waals surface area contributed by atoms with Gasteiger partial charge in [-0.15, -0.1) is 10.2 Å². The molecule has 1 aromatic rings. The van der Waals surface area contributed by atoms with Crippen molar-refractivity contribution in [2.75, 3.05) is 19.8 Å². The number of thioether (sulfide) groups is 1. The smallest absolute Gasteiger partial charge is 0.222 e. The Kier molecular flexibility index (Phi) is 5.43. The number of aromatic nitrogens is 3. The fraction of sp³-hybridized carbons (Fsp3) is 0.700. The van der Waals surface area contributed by atoms with Gasteiger partial charge >= 0.3 is 0 Å². The van der Waals surface area contributed by atoms with Crippen LogP contribution in [0.2, 0.25) is 0 Å². The zero-order valence-corrected chi connectivity index (χ0v) is 11.3. The molecule has 0 unspecified atom stereocenters. The molecule has 6 nitrogen and oxygen atoms in total. The quantitative estimate of drug-likeness (QED) is 0.743. The van der Waals surface area contributed by atoms with Crippen molar-refractivity contribution in [1.29, 1.82) is 0 Å². The van der Waals surface area contributed by atoms with E-state index in [1.165, 1.54) is 11.8 Å². The molecule has 7 heteroatoms. The summed E-state index contributed by atoms with van der Waals surface area (Å²) >= 11 is 1.54. The van der Waals surface area contributed by atoms with Gasteiger partial charge in [-0.1, -0.05) is 11.8 Å². The Morgan fingerprint density at radius 1 is 1.47 bits per heavy atom. The summed E-state index contributed by atoms with van der Waals surface area (Å²) < 4.78 is 1.98. The van der Waals surface area contributed by atoms with Crippen molar-refractivity contribution in [2.24, 2.45) is 5.73 Å². The molecule has 0 aliphatic rings. The summed E-state index contributed by atoms with van der Waals surface area (Å²) in [5.41, 5.74) is 5.56. The van der Waals surface area contributed by atoms with E-state index in [0.29, 0.717) is 18.7 Å². The highest BCUT2D eigenvalue weighted by Crippen LogP contribution is 2.17. The van der Waals surface area contributed by atoms with Crippen molar-refractivity contribution >= 4 is 17.7 Å². The monoisotopic (exact) mass is 257 g/mol. The van der Waals surface area contributed by atoms with Gasteiger partial charge in [0, 0.05) is 32.8 Å². The first-order chi connectivity index (χ1) is 8.10. The van der Waals surface area contributed by atoms with Gasteiger partial charge in [0.25, 0.3) is 0 Å². The van der Waals surface area contributed by atoms with E-state index in [1.807, 2.05) is 11.5 Å². The van der Waals surface area contributed by atoms with Crippen molar-refractivity contribution in [2.45, 2.75) is 31.6 Å². The van der Waals surface area contributed by atoms with E-state index in [-0.39, 0.29) is 5.91 Å². The molecule has 1 heterocycles. The minimum absolute atomic E-state index is 0.124. The summed E-state index contributed by atoms with van der Waals surface area (Å²) in [4.78, 5) is 13.0. The van der Waals surface area contributed by atoms with Gasteiger partial charge in [0.2, 0.25) is 5.91 Å². The number of rotatable bonds is 6. The third-order valence-electron chi connectivity index (χ3n) is 2.34. The second-order valence-electron chi connectivity index (χ2n) is 3.73. The Morgan fingerprint density at radius 2 is 2.18 bits per heavy atom. The highest BCUT2D eigenvalue weighted by atomic mass is 32.2. The van der Waals surface area contributed by atoms with Gasteiger partial charge in [-0.05, 0) is 6.92 Å². The van der Waals surface area contributed by atoms with Gasteiger partial charge in [-0.2, -0.15) is 0 Å². The van der Waals surface area contributed by atoms with Crippen molar-refractivity contribution in [3.05, 3.63) is 5.82 Å². The molecule has 0 bridgehead atoms. The van der Waals surface area contributed by atoms with Crippen LogP contribution in [0.25, 0.3) is 0 Å². The maximum atomic E-state index is 11.4. The molecule has 2 N–H and O–H groups in total. The van der Waals surface area contributed by atoms with Gasteiger partial charge in [0.05, 0.1) is 6.54 Å². The van der Waals surface area contributed by atoms with Crippen molar-refractivity contribution in [1.82, 2.24) is 19.7 Å². The Hall–Kier alpha value is -1.08. The first-order valence-electron chi connectivity index (χ1n) is 5.55. The minimum Gasteiger partial charge on any atom is -0.349 e. The second-order valence-corrected chi connectivity index (χ2v) is 4.80. The molecule has 17 heavy (non-hydrogen) atoms. The number of carbonyl (C=O) groups excluding carboxylic acids is 1. The lowest BCUT2D eigenvalue weighted by molar-refractivity contribution is -0.128. The predicted octanol–water partition coefficient (Wildman–Crippen LogP) is 0.327. The van der Waals surface area contributed by atoms with Crippen LogP contribution < -0.4 is 5.73 Å². The van der Waals surface area contributed by atoms with Crippen LogP contribution in [-0.4, -0.2) is 45.4 Å². The highest BCUT2D eigenvalue weighted by Gasteiger charge is 2.11. The molecule has 96 valence electrons. The number of amides is 1. The largest absolute Gasteiger partial charge is 0.349 e. The fourth-order valence-corrected chi connectivity index (χ4v) is 2.30. The number of carbonyl (C=O) groups is 1. The molecule has 0 aliphatic heterocycles. The molecule has 0 aromatic carbocycles. The van der Waals surface area contributed by atoms with Gasteiger partial charge < -0.3 is 15.2 Å². The maximum absolute atomic E-state index is 11.4. The molecule has 0 saturated carbocycles. The standard InChI is InChI=1S/C10H19N5OS/c1-4-15-8(7-11)12-13-10(15)17-6-5-9(16)14(2)3/h4-7,11H2,1-3H3. The van der Waals surface area contributed by atoms with Crippen LogP contribution in [0.15, 0.2) is 5.16 Å². The summed E-state index contributed by atoms with van der Waals surface area (Å²) in [6, 6.07) is 0. The van der Waals surface area contributed by atoms with E-state index >= 15 is 0 Å². The molecule has 0 spiro atoms. The summed E-state index contributed by atoms with van der Waals surface area (Å²) in [5.74, 6) is 1.62. The number of nitrogens with zero attached hydrogens (tertiary/aromatic N) is 4. The molecular weight excluding hydrogens is 238 g/mol. The first kappa shape index (κ1) is 14.0. The summed E-state index contributed by atoms with van der Waals surface area (Å²) in [6.45, 7) is 3.21. The van der Waals surface area contributed by atoms with E-state index in [4.69, 9.17) is 5.73 Å². The third-order valence-corrected chi connectivity index (χ3v) is 3.31. The SMILES string of the molecule is CCn1c(CN)nnc1SCCC(=O)N(C)C. The molecule has 1 amide bonds. The molecule has 1 rings (SSSR count). The van der Waals surface area contributed by atoms with E-state index in [9.17, 15) is 4.79 Å². The van der Waals surface area contributed by atoms with Crippen LogP contribution in [0.4, 0.5) is 0 Å². The van der Waals surface area contributed by atoms with E-state index in [2.05, 4.69) is 10.2 Å². The average Bonchev–Trinajstić information content (AvgIpc) is 2.70. The molecule has 0 saturated heterocycles. The number of nitrogens with two attached hydrogens (primary N) is 1. The van der Waals surface area contributed by atoms with Crippen LogP contribution in [0, 0.1) is 0 Å². The van der Waals surface area contributed by atoms with Crippen LogP contribution in [0.3, 0.4) is 0 Å². The normalized spacial score (nSPS) is 10.6. The van der Waals surface area contributed by atoms with Crippen LogP contribution in [-0.2, 0) is 17.9 Å². The molecule has 0 atom stereocenters. The zero-order chi connectivity index (χ0) is 12.8. The first-order valence-corrected chi connectivity index (χ1v) is 6.53. The Bertz CT molecular complexity index is 377. The lowest BCUT2D eigenvalue weighted by Gasteiger charge is -2.09. The van der Waals surface area contributed by atoms with Crippen LogP contribution in [0.5, 0.6) is 0 Å². The van der Waals surface area contributed by atoms with Crippen molar-refractivity contribution in [3.63, 3.8) is 0 Å². The van der Waals surface area contributed by atoms with E-state index in [1.54, 1.807) is 19.0 Å². The topological polar surface area (TPSA) is 77.0 Å². The minimum atomic E-state index is 0.124. The van der Waals surface area contributed by atoms with E-state index in [0.717, 1.165) is 17.5 Å². The van der Waals surface area contributed by atoms with Gasteiger partial charge in [-0.25, -0.2) is 0 Å². The van der Waals surface area contributed by atoms with Gasteiger partial charge in [0.1, 0.15) is 5.82 Å². The highest BCUT2D eigenvalue weighted by molar-refractivity contribution is 7.99. The van der Waals surface area contributed by atoms with Crippen LogP contribution in [0.1, 0.15) is 19.2 Å². The average molecular weight is 257 g/mol. The second kappa shape index (κ2) is 6.61. The maximum Gasteiger partial charge on any atom is 0.222 e. The summed E-state index contributed by atoms with van der Waals surface area (Å²) in [5, 5.41) is 8.91. The molecule has 0 radical (unpaired) electrons. The van der Waals surface area contributed by atoms with Gasteiger partial charge in [0.15, 0.2) is 5.16 Å². The predicted molar refractivity (Wildman–Crippen MR) is 67.6 cm³/mol. The summed E-state index contributed by atoms with van der Waals surface area (Å²) in [6.07, 6.45) is 0.506. The Morgan fingerprint density at radius 3 is 2.71 bits per heavy atom. The van der Waals surface area contributed by atoms with Gasteiger partial charge in [-0.3, -0.25) is 4.79 Å². The molecular formula is C10H19N5OS. The zero-order valence-electron chi connectivity index (χ0n) is 10.5. The lowest BCUT2D eigenvalue weighted by atomic mass is 10.4. The third kappa shape index (κ3) is 3.71. The number of hydrogen-bond acceptors (Lipinski definition) is 5. The van der Waals surface area contributed by atoms with Crippen LogP contribution >= 0.6 is 11.8 Å². The molecule has 0 aliphatic carbocycles. The van der Waals surface area contributed by atoms with Crippen molar-refractivity contribution in [3.8, 4) is 0 Å².